The third kappa shape index (κ3) is 3.46. The summed E-state index contributed by atoms with van der Waals surface area (Å²) in [5.74, 6) is 0. The standard InChI is InChI=1S/C14H27NO/c1-2-15-13-10-6-7-11-14(13)16-12-8-4-3-5-9-12/h12-15H,2-11H2,1H3. The lowest BCUT2D eigenvalue weighted by Crippen LogP contribution is -2.45. The van der Waals surface area contributed by atoms with E-state index in [0.717, 1.165) is 6.54 Å². The van der Waals surface area contributed by atoms with E-state index in [4.69, 9.17) is 4.74 Å². The maximum atomic E-state index is 6.33. The van der Waals surface area contributed by atoms with Crippen LogP contribution in [-0.4, -0.2) is 24.8 Å². The molecule has 0 bridgehead atoms. The van der Waals surface area contributed by atoms with Crippen LogP contribution in [0.4, 0.5) is 0 Å². The third-order valence-electron chi connectivity index (χ3n) is 4.09. The van der Waals surface area contributed by atoms with Crippen molar-refractivity contribution in [1.29, 1.82) is 0 Å². The van der Waals surface area contributed by atoms with E-state index < -0.39 is 0 Å². The number of likely N-dealkylation sites (N-methyl/N-ethyl adjacent to an activating group) is 1. The van der Waals surface area contributed by atoms with Crippen molar-refractivity contribution >= 4 is 0 Å². The van der Waals surface area contributed by atoms with Gasteiger partial charge in [0.25, 0.3) is 0 Å². The van der Waals surface area contributed by atoms with Crippen LogP contribution in [0.5, 0.6) is 0 Å². The average Bonchev–Trinajstić information content (AvgIpc) is 2.33. The number of hydrogen-bond acceptors (Lipinski definition) is 2. The molecule has 94 valence electrons. The molecule has 0 spiro atoms. The first-order chi connectivity index (χ1) is 7.90. The second-order valence-corrected chi connectivity index (χ2v) is 5.38. The van der Waals surface area contributed by atoms with Gasteiger partial charge in [-0.3, -0.25) is 0 Å². The van der Waals surface area contributed by atoms with Crippen LogP contribution in [0, 0.1) is 0 Å². The minimum Gasteiger partial charge on any atom is -0.373 e. The van der Waals surface area contributed by atoms with E-state index in [1.807, 2.05) is 0 Å². The highest BCUT2D eigenvalue weighted by atomic mass is 16.5. The second-order valence-electron chi connectivity index (χ2n) is 5.38. The predicted molar refractivity (Wildman–Crippen MR) is 67.7 cm³/mol. The smallest absolute Gasteiger partial charge is 0.0731 e. The van der Waals surface area contributed by atoms with Crippen molar-refractivity contribution in [2.24, 2.45) is 0 Å². The molecule has 2 aliphatic rings. The molecule has 0 aliphatic heterocycles. The Hall–Kier alpha value is -0.0800. The molecule has 2 rings (SSSR count). The SMILES string of the molecule is CCNC1CCCCC1OC1CCCCC1. The quantitative estimate of drug-likeness (QED) is 0.793. The van der Waals surface area contributed by atoms with Crippen molar-refractivity contribution < 1.29 is 4.74 Å². The Bertz CT molecular complexity index is 187. The van der Waals surface area contributed by atoms with Crippen molar-refractivity contribution in [3.05, 3.63) is 0 Å². The van der Waals surface area contributed by atoms with E-state index >= 15 is 0 Å². The Morgan fingerprint density at radius 1 is 0.938 bits per heavy atom. The zero-order chi connectivity index (χ0) is 11.2. The predicted octanol–water partition coefficient (Wildman–Crippen LogP) is 3.26. The summed E-state index contributed by atoms with van der Waals surface area (Å²) in [6.07, 6.45) is 13.2. The number of nitrogens with one attached hydrogen (secondary N) is 1. The Morgan fingerprint density at radius 3 is 2.38 bits per heavy atom. The molecule has 2 heteroatoms. The van der Waals surface area contributed by atoms with Crippen molar-refractivity contribution in [1.82, 2.24) is 5.32 Å². The van der Waals surface area contributed by atoms with E-state index in [1.54, 1.807) is 0 Å². The fourth-order valence-corrected chi connectivity index (χ4v) is 3.20. The van der Waals surface area contributed by atoms with Crippen molar-refractivity contribution in [2.45, 2.75) is 83.0 Å². The highest BCUT2D eigenvalue weighted by Crippen LogP contribution is 2.27. The van der Waals surface area contributed by atoms with Crippen molar-refractivity contribution in [3.63, 3.8) is 0 Å². The molecular formula is C14H27NO. The highest BCUT2D eigenvalue weighted by Gasteiger charge is 2.28. The molecule has 0 radical (unpaired) electrons. The van der Waals surface area contributed by atoms with Gasteiger partial charge in [0.2, 0.25) is 0 Å². The molecule has 1 N–H and O–H groups in total. The van der Waals surface area contributed by atoms with Crippen LogP contribution in [0.3, 0.4) is 0 Å². The van der Waals surface area contributed by atoms with Gasteiger partial charge in [0.1, 0.15) is 0 Å². The molecular weight excluding hydrogens is 198 g/mol. The summed E-state index contributed by atoms with van der Waals surface area (Å²) in [4.78, 5) is 0. The van der Waals surface area contributed by atoms with Gasteiger partial charge in [0, 0.05) is 6.04 Å². The summed E-state index contributed by atoms with van der Waals surface area (Å²) in [6, 6.07) is 0.626. The minimum absolute atomic E-state index is 0.497. The molecule has 2 unspecified atom stereocenters. The monoisotopic (exact) mass is 225 g/mol. The van der Waals surface area contributed by atoms with Crippen LogP contribution in [-0.2, 0) is 4.74 Å². The van der Waals surface area contributed by atoms with Gasteiger partial charge in [-0.15, -0.1) is 0 Å². The van der Waals surface area contributed by atoms with Crippen molar-refractivity contribution in [3.8, 4) is 0 Å². The van der Waals surface area contributed by atoms with Gasteiger partial charge in [0.15, 0.2) is 0 Å². The fraction of sp³-hybridized carbons (Fsp3) is 1.00. The summed E-state index contributed by atoms with van der Waals surface area (Å²) in [7, 11) is 0. The first kappa shape index (κ1) is 12.4. The Balaban J connectivity index is 1.80. The Morgan fingerprint density at radius 2 is 1.62 bits per heavy atom. The van der Waals surface area contributed by atoms with Gasteiger partial charge in [-0.25, -0.2) is 0 Å². The third-order valence-corrected chi connectivity index (χ3v) is 4.09. The maximum absolute atomic E-state index is 6.33. The highest BCUT2D eigenvalue weighted by molar-refractivity contribution is 4.83. The van der Waals surface area contributed by atoms with Gasteiger partial charge in [-0.1, -0.05) is 39.0 Å². The number of hydrogen-bond donors (Lipinski definition) is 1. The molecule has 16 heavy (non-hydrogen) atoms. The molecule has 2 nitrogen and oxygen atoms in total. The first-order valence-electron chi connectivity index (χ1n) is 7.29. The molecule has 2 saturated carbocycles. The van der Waals surface area contributed by atoms with Crippen LogP contribution >= 0.6 is 0 Å². The summed E-state index contributed by atoms with van der Waals surface area (Å²) >= 11 is 0. The van der Waals surface area contributed by atoms with Crippen molar-refractivity contribution in [2.75, 3.05) is 6.54 Å². The molecule has 0 aromatic carbocycles. The molecule has 0 heterocycles. The van der Waals surface area contributed by atoms with Gasteiger partial charge in [-0.05, 0) is 32.2 Å². The summed E-state index contributed by atoms with van der Waals surface area (Å²) in [5, 5.41) is 3.60. The molecule has 2 atom stereocenters. The molecule has 2 aliphatic carbocycles. The van der Waals surface area contributed by atoms with E-state index in [1.165, 1.54) is 57.8 Å². The zero-order valence-corrected chi connectivity index (χ0v) is 10.7. The lowest BCUT2D eigenvalue weighted by molar-refractivity contribution is -0.0599. The molecule has 2 fully saturated rings. The Labute approximate surface area is 100 Å². The molecule has 0 saturated heterocycles. The second kappa shape index (κ2) is 6.61. The maximum Gasteiger partial charge on any atom is 0.0731 e. The van der Waals surface area contributed by atoms with Gasteiger partial charge in [0.05, 0.1) is 12.2 Å². The van der Waals surface area contributed by atoms with E-state index in [-0.39, 0.29) is 0 Å². The number of rotatable bonds is 4. The van der Waals surface area contributed by atoms with Crippen LogP contribution < -0.4 is 5.32 Å². The molecule has 0 aromatic rings. The molecule has 0 aromatic heterocycles. The largest absolute Gasteiger partial charge is 0.373 e. The lowest BCUT2D eigenvalue weighted by Gasteiger charge is -2.36. The van der Waals surface area contributed by atoms with Crippen LogP contribution in [0.15, 0.2) is 0 Å². The summed E-state index contributed by atoms with van der Waals surface area (Å²) in [6.45, 7) is 3.28. The van der Waals surface area contributed by atoms with Gasteiger partial charge < -0.3 is 10.1 Å². The average molecular weight is 225 g/mol. The number of ether oxygens (including phenoxy) is 1. The van der Waals surface area contributed by atoms with Crippen LogP contribution in [0.2, 0.25) is 0 Å². The van der Waals surface area contributed by atoms with Gasteiger partial charge >= 0.3 is 0 Å². The van der Waals surface area contributed by atoms with Gasteiger partial charge in [-0.2, -0.15) is 0 Å². The first-order valence-corrected chi connectivity index (χ1v) is 7.29. The zero-order valence-electron chi connectivity index (χ0n) is 10.7. The Kier molecular flexibility index (Phi) is 5.11. The van der Waals surface area contributed by atoms with Crippen LogP contribution in [0.1, 0.15) is 64.7 Å². The normalized spacial score (nSPS) is 32.8. The van der Waals surface area contributed by atoms with E-state index in [9.17, 15) is 0 Å². The van der Waals surface area contributed by atoms with E-state index in [0.29, 0.717) is 18.2 Å². The summed E-state index contributed by atoms with van der Waals surface area (Å²) < 4.78 is 6.33. The lowest BCUT2D eigenvalue weighted by atomic mass is 9.91. The fourth-order valence-electron chi connectivity index (χ4n) is 3.20. The van der Waals surface area contributed by atoms with E-state index in [2.05, 4.69) is 12.2 Å². The minimum atomic E-state index is 0.497. The topological polar surface area (TPSA) is 21.3 Å². The van der Waals surface area contributed by atoms with Crippen LogP contribution in [0.25, 0.3) is 0 Å². The molecule has 0 amide bonds. The summed E-state index contributed by atoms with van der Waals surface area (Å²) in [5.41, 5.74) is 0.